The largest absolute Gasteiger partial charge is 0.383 e. The van der Waals surface area contributed by atoms with Crippen LogP contribution in [-0.4, -0.2) is 54.9 Å². The highest BCUT2D eigenvalue weighted by molar-refractivity contribution is 7.11. The van der Waals surface area contributed by atoms with Crippen LogP contribution in [0, 0.1) is 0 Å². The maximum Gasteiger partial charge on any atom is 0.270 e. The van der Waals surface area contributed by atoms with Gasteiger partial charge in [-0.3, -0.25) is 4.79 Å². The molecule has 0 saturated heterocycles. The minimum absolute atomic E-state index is 0.214. The second-order valence-corrected chi connectivity index (χ2v) is 10.8. The zero-order valence-corrected chi connectivity index (χ0v) is 22.1. The molecule has 0 radical (unpaired) electrons. The van der Waals surface area contributed by atoms with Gasteiger partial charge in [0.05, 0.1) is 27.8 Å². The molecular formula is C22H30ClN9O2S. The van der Waals surface area contributed by atoms with Gasteiger partial charge in [0.1, 0.15) is 22.8 Å². The highest BCUT2D eigenvalue weighted by atomic mass is 35.5. The number of nitrogens with two attached hydrogens (primary N) is 1. The van der Waals surface area contributed by atoms with Crippen molar-refractivity contribution < 1.29 is 9.90 Å². The zero-order valence-electron chi connectivity index (χ0n) is 20.5. The molecule has 1 amide bonds. The molecule has 0 aliphatic carbocycles. The van der Waals surface area contributed by atoms with E-state index in [2.05, 4.69) is 35.6 Å². The third-order valence-corrected chi connectivity index (χ3v) is 6.43. The molecule has 3 heterocycles. The Bertz CT molecular complexity index is 1200. The Morgan fingerprint density at radius 2 is 1.94 bits per heavy atom. The van der Waals surface area contributed by atoms with Crippen LogP contribution in [0.3, 0.4) is 0 Å². The fourth-order valence-corrected chi connectivity index (χ4v) is 4.44. The minimum Gasteiger partial charge on any atom is -0.383 e. The smallest absolute Gasteiger partial charge is 0.270 e. The summed E-state index contributed by atoms with van der Waals surface area (Å²) in [6.45, 7) is 8.20. The van der Waals surface area contributed by atoms with Crippen molar-refractivity contribution >= 4 is 40.6 Å². The summed E-state index contributed by atoms with van der Waals surface area (Å²) >= 11 is 7.48. The van der Waals surface area contributed by atoms with E-state index in [0.29, 0.717) is 32.7 Å². The Labute approximate surface area is 213 Å². The summed E-state index contributed by atoms with van der Waals surface area (Å²) in [6, 6.07) is -0.434. The summed E-state index contributed by atoms with van der Waals surface area (Å²) in [7, 11) is 3.73. The fourth-order valence-electron chi connectivity index (χ4n) is 3.20. The molecule has 3 aromatic rings. The van der Waals surface area contributed by atoms with Gasteiger partial charge in [0.15, 0.2) is 6.23 Å². The third kappa shape index (κ3) is 6.60. The number of aromatic nitrogens is 5. The Hall–Kier alpha value is -2.93. The number of aliphatic hydroxyl groups excluding tert-OH is 1. The van der Waals surface area contributed by atoms with Crippen LogP contribution in [0.25, 0.3) is 0 Å². The van der Waals surface area contributed by atoms with Crippen LogP contribution < -0.4 is 16.4 Å². The first kappa shape index (κ1) is 26.7. The molecule has 3 aromatic heterocycles. The topological polar surface area (TPSA) is 155 Å². The lowest BCUT2D eigenvalue weighted by atomic mass is 9.92. The average Bonchev–Trinajstić information content (AvgIpc) is 3.26. The van der Waals surface area contributed by atoms with E-state index < -0.39 is 12.3 Å². The summed E-state index contributed by atoms with van der Waals surface area (Å²) in [4.78, 5) is 36.4. The molecule has 0 aromatic carbocycles. The maximum absolute atomic E-state index is 12.9. The number of halogens is 1. The van der Waals surface area contributed by atoms with Crippen LogP contribution >= 0.6 is 22.9 Å². The van der Waals surface area contributed by atoms with Crippen LogP contribution in [0.1, 0.15) is 71.6 Å². The van der Waals surface area contributed by atoms with E-state index in [1.54, 1.807) is 13.1 Å². The standard InChI is InChI=1S/C22H30ClN9O2S/c1-11(29-19(34)15-12(9-32(5)6)17(24)28-10-27-15)20-25-8-14(35-20)18(33)31-21-26-7-13(23)16(30-21)22(2,3)4/h7-8,10-11,18,33H,9H2,1-6H3,(H,29,34)(H2,24,27,28)(H,26,30,31). The number of anilines is 2. The van der Waals surface area contributed by atoms with Crippen molar-refractivity contribution in [2.24, 2.45) is 0 Å². The van der Waals surface area contributed by atoms with E-state index in [0.717, 1.165) is 0 Å². The van der Waals surface area contributed by atoms with E-state index in [1.165, 1.54) is 23.9 Å². The van der Waals surface area contributed by atoms with Crippen LogP contribution in [-0.2, 0) is 12.0 Å². The van der Waals surface area contributed by atoms with E-state index in [4.69, 9.17) is 17.3 Å². The molecule has 0 bridgehead atoms. The van der Waals surface area contributed by atoms with Gasteiger partial charge in [-0.2, -0.15) is 0 Å². The van der Waals surface area contributed by atoms with Gasteiger partial charge in [-0.15, -0.1) is 11.3 Å². The monoisotopic (exact) mass is 519 g/mol. The number of rotatable bonds is 8. The Balaban J connectivity index is 1.71. The van der Waals surface area contributed by atoms with Crippen LogP contribution in [0.15, 0.2) is 18.7 Å². The second-order valence-electron chi connectivity index (χ2n) is 9.31. The SMILES string of the molecule is CC(NC(=O)c1ncnc(N)c1CN(C)C)c1ncc(C(O)Nc2ncc(Cl)c(C(C)(C)C)n2)s1. The number of carbonyl (C=O) groups is 1. The van der Waals surface area contributed by atoms with E-state index in [-0.39, 0.29) is 28.8 Å². The Kier molecular flexibility index (Phi) is 8.21. The molecule has 3 rings (SSSR count). The lowest BCUT2D eigenvalue weighted by Gasteiger charge is -2.20. The molecule has 2 unspecified atom stereocenters. The molecule has 188 valence electrons. The first-order valence-corrected chi connectivity index (χ1v) is 12.0. The van der Waals surface area contributed by atoms with Crippen molar-refractivity contribution in [2.75, 3.05) is 25.1 Å². The molecule has 0 aliphatic heterocycles. The number of thiazole rings is 1. The van der Waals surface area contributed by atoms with Gasteiger partial charge in [-0.25, -0.2) is 24.9 Å². The van der Waals surface area contributed by atoms with Gasteiger partial charge in [0, 0.05) is 23.7 Å². The van der Waals surface area contributed by atoms with Gasteiger partial charge in [0.2, 0.25) is 5.95 Å². The predicted molar refractivity (Wildman–Crippen MR) is 136 cm³/mol. The first-order valence-electron chi connectivity index (χ1n) is 10.8. The molecule has 0 fully saturated rings. The summed E-state index contributed by atoms with van der Waals surface area (Å²) in [5.41, 5.74) is 7.13. The minimum atomic E-state index is -1.09. The van der Waals surface area contributed by atoms with Crippen molar-refractivity contribution in [2.45, 2.75) is 51.9 Å². The lowest BCUT2D eigenvalue weighted by Crippen LogP contribution is -2.30. The first-order chi connectivity index (χ1) is 16.4. The molecule has 0 aliphatic rings. The van der Waals surface area contributed by atoms with Crippen LogP contribution in [0.4, 0.5) is 11.8 Å². The van der Waals surface area contributed by atoms with Crippen molar-refractivity contribution in [3.05, 3.63) is 50.6 Å². The van der Waals surface area contributed by atoms with E-state index in [9.17, 15) is 9.90 Å². The second kappa shape index (κ2) is 10.8. The molecule has 11 nitrogen and oxygen atoms in total. The highest BCUT2D eigenvalue weighted by Gasteiger charge is 2.23. The number of nitrogens with zero attached hydrogens (tertiary/aromatic N) is 6. The predicted octanol–water partition coefficient (Wildman–Crippen LogP) is 2.91. The van der Waals surface area contributed by atoms with Crippen molar-refractivity contribution in [1.29, 1.82) is 0 Å². The van der Waals surface area contributed by atoms with E-state index in [1.807, 2.05) is 39.8 Å². The fraction of sp³-hybridized carbons (Fsp3) is 0.455. The number of hydrogen-bond donors (Lipinski definition) is 4. The molecule has 35 heavy (non-hydrogen) atoms. The molecule has 13 heteroatoms. The Morgan fingerprint density at radius 1 is 1.23 bits per heavy atom. The number of aliphatic hydroxyl groups is 1. The van der Waals surface area contributed by atoms with Crippen molar-refractivity contribution in [3.63, 3.8) is 0 Å². The quantitative estimate of drug-likeness (QED) is 0.326. The number of nitrogens with one attached hydrogen (secondary N) is 2. The summed E-state index contributed by atoms with van der Waals surface area (Å²) in [6.07, 6.45) is 3.22. The molecule has 0 saturated carbocycles. The summed E-state index contributed by atoms with van der Waals surface area (Å²) in [5, 5.41) is 17.5. The number of amides is 1. The Morgan fingerprint density at radius 3 is 2.60 bits per heavy atom. The number of hydrogen-bond acceptors (Lipinski definition) is 11. The maximum atomic E-state index is 12.9. The normalized spacial score (nSPS) is 13.5. The zero-order chi connectivity index (χ0) is 25.9. The number of nitrogen functional groups attached to an aromatic ring is 1. The van der Waals surface area contributed by atoms with Crippen LogP contribution in [0.2, 0.25) is 5.02 Å². The molecular weight excluding hydrogens is 490 g/mol. The summed E-state index contributed by atoms with van der Waals surface area (Å²) in [5.74, 6) is 0.123. The molecule has 5 N–H and O–H groups in total. The van der Waals surface area contributed by atoms with E-state index >= 15 is 0 Å². The third-order valence-electron chi connectivity index (χ3n) is 4.92. The van der Waals surface area contributed by atoms with Gasteiger partial charge in [-0.05, 0) is 21.0 Å². The lowest BCUT2D eigenvalue weighted by molar-refractivity contribution is 0.0933. The van der Waals surface area contributed by atoms with Gasteiger partial charge in [-0.1, -0.05) is 32.4 Å². The van der Waals surface area contributed by atoms with Crippen molar-refractivity contribution in [3.8, 4) is 0 Å². The van der Waals surface area contributed by atoms with Gasteiger partial charge >= 0.3 is 0 Å². The van der Waals surface area contributed by atoms with Gasteiger partial charge in [0.25, 0.3) is 5.91 Å². The van der Waals surface area contributed by atoms with Gasteiger partial charge < -0.3 is 26.4 Å². The molecule has 0 spiro atoms. The van der Waals surface area contributed by atoms with Crippen LogP contribution in [0.5, 0.6) is 0 Å². The molecule has 2 atom stereocenters. The summed E-state index contributed by atoms with van der Waals surface area (Å²) < 4.78 is 0. The average molecular weight is 520 g/mol. The number of carbonyl (C=O) groups excluding carboxylic acids is 1. The van der Waals surface area contributed by atoms with Crippen molar-refractivity contribution in [1.82, 2.24) is 35.1 Å². The highest BCUT2D eigenvalue weighted by Crippen LogP contribution is 2.30.